The third-order valence-corrected chi connectivity index (χ3v) is 3.33. The highest BCUT2D eigenvalue weighted by atomic mass is 16.4. The van der Waals surface area contributed by atoms with Crippen molar-refractivity contribution in [1.29, 1.82) is 0 Å². The van der Waals surface area contributed by atoms with Crippen molar-refractivity contribution in [2.75, 3.05) is 19.6 Å². The molecule has 0 aromatic carbocycles. The van der Waals surface area contributed by atoms with Crippen molar-refractivity contribution >= 4 is 5.97 Å². The molecule has 1 N–H and O–H groups in total. The fourth-order valence-corrected chi connectivity index (χ4v) is 2.63. The molecule has 3 heteroatoms. The van der Waals surface area contributed by atoms with Gasteiger partial charge in [-0.2, -0.15) is 0 Å². The number of likely N-dealkylation sites (tertiary alicyclic amines) is 1. The number of carbonyl (C=O) groups is 1. The molecular weight excluding hydrogens is 202 g/mol. The summed E-state index contributed by atoms with van der Waals surface area (Å²) < 4.78 is 0. The van der Waals surface area contributed by atoms with Crippen LogP contribution in [0.2, 0.25) is 0 Å². The lowest BCUT2D eigenvalue weighted by molar-refractivity contribution is -0.141. The van der Waals surface area contributed by atoms with Gasteiger partial charge in [0.1, 0.15) is 0 Å². The molecular formula is C13H25NO2. The van der Waals surface area contributed by atoms with Crippen LogP contribution in [0.25, 0.3) is 0 Å². The van der Waals surface area contributed by atoms with Crippen LogP contribution in [0.1, 0.15) is 40.0 Å². The van der Waals surface area contributed by atoms with E-state index in [4.69, 9.17) is 5.11 Å². The van der Waals surface area contributed by atoms with Crippen LogP contribution in [0.4, 0.5) is 0 Å². The lowest BCUT2D eigenvalue weighted by Gasteiger charge is -2.34. The number of nitrogens with zero attached hydrogens (tertiary/aromatic N) is 1. The summed E-state index contributed by atoms with van der Waals surface area (Å²) in [6.45, 7) is 9.74. The van der Waals surface area contributed by atoms with Gasteiger partial charge in [0.05, 0.1) is 5.92 Å². The molecule has 0 aromatic rings. The molecule has 16 heavy (non-hydrogen) atoms. The maximum atomic E-state index is 10.8. The zero-order chi connectivity index (χ0) is 12.1. The van der Waals surface area contributed by atoms with Crippen LogP contribution in [0.15, 0.2) is 0 Å². The molecule has 0 aliphatic carbocycles. The second-order valence-electron chi connectivity index (χ2n) is 5.64. The van der Waals surface area contributed by atoms with E-state index in [0.29, 0.717) is 11.8 Å². The minimum absolute atomic E-state index is 0.191. The Kier molecular flexibility index (Phi) is 5.26. The first-order chi connectivity index (χ1) is 7.49. The first-order valence-corrected chi connectivity index (χ1v) is 6.44. The molecule has 0 bridgehead atoms. The molecule has 1 saturated heterocycles. The third-order valence-electron chi connectivity index (χ3n) is 3.33. The Bertz CT molecular complexity index is 228. The lowest BCUT2D eigenvalue weighted by Crippen LogP contribution is -2.38. The first-order valence-electron chi connectivity index (χ1n) is 6.44. The number of aliphatic carboxylic acids is 1. The molecule has 1 heterocycles. The average Bonchev–Trinajstić information content (AvgIpc) is 2.16. The Morgan fingerprint density at radius 3 is 2.69 bits per heavy atom. The minimum atomic E-state index is -0.652. The van der Waals surface area contributed by atoms with E-state index < -0.39 is 5.97 Å². The monoisotopic (exact) mass is 227 g/mol. The van der Waals surface area contributed by atoms with Crippen molar-refractivity contribution in [2.24, 2.45) is 17.8 Å². The van der Waals surface area contributed by atoms with Gasteiger partial charge in [0.2, 0.25) is 0 Å². The van der Waals surface area contributed by atoms with Crippen molar-refractivity contribution < 1.29 is 9.90 Å². The van der Waals surface area contributed by atoms with Gasteiger partial charge >= 0.3 is 5.97 Å². The van der Waals surface area contributed by atoms with Gasteiger partial charge in [-0.25, -0.2) is 0 Å². The lowest BCUT2D eigenvalue weighted by atomic mass is 9.89. The molecule has 3 nitrogen and oxygen atoms in total. The fourth-order valence-electron chi connectivity index (χ4n) is 2.63. The number of carboxylic acids is 1. The molecule has 1 aliphatic rings. The predicted octanol–water partition coefficient (Wildman–Crippen LogP) is 2.47. The normalized spacial score (nSPS) is 24.6. The second kappa shape index (κ2) is 6.24. The summed E-state index contributed by atoms with van der Waals surface area (Å²) in [5.74, 6) is 0.444. The van der Waals surface area contributed by atoms with Gasteiger partial charge in [0.25, 0.3) is 0 Å². The van der Waals surface area contributed by atoms with Crippen LogP contribution in [0.5, 0.6) is 0 Å². The van der Waals surface area contributed by atoms with Gasteiger partial charge in [0.15, 0.2) is 0 Å². The standard InChI is InChI=1S/C13H25NO2/c1-10(2)8-14-6-4-5-12(9-14)7-11(3)13(15)16/h10-12H,4-9H2,1-3H3,(H,15,16). The van der Waals surface area contributed by atoms with Gasteiger partial charge in [-0.1, -0.05) is 20.8 Å². The SMILES string of the molecule is CC(C)CN1CCCC(CC(C)C(=O)O)C1. The summed E-state index contributed by atoms with van der Waals surface area (Å²) in [6, 6.07) is 0. The van der Waals surface area contributed by atoms with Crippen LogP contribution in [-0.4, -0.2) is 35.6 Å². The van der Waals surface area contributed by atoms with E-state index in [9.17, 15) is 4.79 Å². The van der Waals surface area contributed by atoms with E-state index in [0.717, 1.165) is 19.5 Å². The number of hydrogen-bond acceptors (Lipinski definition) is 2. The third kappa shape index (κ3) is 4.52. The van der Waals surface area contributed by atoms with Crippen molar-refractivity contribution in [1.82, 2.24) is 4.90 Å². The van der Waals surface area contributed by atoms with Gasteiger partial charge in [-0.15, -0.1) is 0 Å². The molecule has 0 radical (unpaired) electrons. The Balaban J connectivity index is 2.35. The number of rotatable bonds is 5. The van der Waals surface area contributed by atoms with Gasteiger partial charge in [0, 0.05) is 13.1 Å². The Hall–Kier alpha value is -0.570. The molecule has 1 rings (SSSR count). The molecule has 0 aromatic heterocycles. The van der Waals surface area contributed by atoms with Crippen LogP contribution < -0.4 is 0 Å². The van der Waals surface area contributed by atoms with Gasteiger partial charge in [-0.3, -0.25) is 4.79 Å². The molecule has 0 saturated carbocycles. The molecule has 1 fully saturated rings. The summed E-state index contributed by atoms with van der Waals surface area (Å²) in [5.41, 5.74) is 0. The highest BCUT2D eigenvalue weighted by molar-refractivity contribution is 5.69. The maximum absolute atomic E-state index is 10.8. The smallest absolute Gasteiger partial charge is 0.306 e. The molecule has 2 atom stereocenters. The molecule has 94 valence electrons. The predicted molar refractivity (Wildman–Crippen MR) is 65.4 cm³/mol. The number of piperidine rings is 1. The summed E-state index contributed by atoms with van der Waals surface area (Å²) in [6.07, 6.45) is 3.26. The minimum Gasteiger partial charge on any atom is -0.481 e. The van der Waals surface area contributed by atoms with Gasteiger partial charge < -0.3 is 10.0 Å². The van der Waals surface area contributed by atoms with E-state index in [1.54, 1.807) is 0 Å². The maximum Gasteiger partial charge on any atom is 0.306 e. The summed E-state index contributed by atoms with van der Waals surface area (Å²) in [5, 5.41) is 8.91. The second-order valence-corrected chi connectivity index (χ2v) is 5.64. The Morgan fingerprint density at radius 2 is 2.12 bits per heavy atom. The number of hydrogen-bond donors (Lipinski definition) is 1. The Morgan fingerprint density at radius 1 is 1.44 bits per heavy atom. The van der Waals surface area contributed by atoms with E-state index in [-0.39, 0.29) is 5.92 Å². The van der Waals surface area contributed by atoms with E-state index >= 15 is 0 Å². The highest BCUT2D eigenvalue weighted by Crippen LogP contribution is 2.23. The van der Waals surface area contributed by atoms with E-state index in [1.807, 2.05) is 6.92 Å². The molecule has 0 amide bonds. The quantitative estimate of drug-likeness (QED) is 0.784. The van der Waals surface area contributed by atoms with Crippen LogP contribution >= 0.6 is 0 Å². The average molecular weight is 227 g/mol. The Labute approximate surface area is 98.8 Å². The highest BCUT2D eigenvalue weighted by Gasteiger charge is 2.24. The van der Waals surface area contributed by atoms with Crippen LogP contribution in [0, 0.1) is 17.8 Å². The van der Waals surface area contributed by atoms with Crippen molar-refractivity contribution in [3.05, 3.63) is 0 Å². The van der Waals surface area contributed by atoms with E-state index in [2.05, 4.69) is 18.7 Å². The molecule has 1 aliphatic heterocycles. The summed E-state index contributed by atoms with van der Waals surface area (Å²) in [7, 11) is 0. The zero-order valence-corrected chi connectivity index (χ0v) is 10.8. The van der Waals surface area contributed by atoms with Crippen molar-refractivity contribution in [3.8, 4) is 0 Å². The van der Waals surface area contributed by atoms with Crippen LogP contribution in [0.3, 0.4) is 0 Å². The van der Waals surface area contributed by atoms with Crippen molar-refractivity contribution in [3.63, 3.8) is 0 Å². The summed E-state index contributed by atoms with van der Waals surface area (Å²) in [4.78, 5) is 13.3. The molecule has 0 spiro atoms. The fraction of sp³-hybridized carbons (Fsp3) is 0.923. The largest absolute Gasteiger partial charge is 0.481 e. The van der Waals surface area contributed by atoms with Gasteiger partial charge in [-0.05, 0) is 37.6 Å². The zero-order valence-electron chi connectivity index (χ0n) is 10.8. The van der Waals surface area contributed by atoms with Crippen molar-refractivity contribution in [2.45, 2.75) is 40.0 Å². The first kappa shape index (κ1) is 13.5. The summed E-state index contributed by atoms with van der Waals surface area (Å²) >= 11 is 0. The van der Waals surface area contributed by atoms with E-state index in [1.165, 1.54) is 19.4 Å². The topological polar surface area (TPSA) is 40.5 Å². The number of carboxylic acid groups (broad SMARTS) is 1. The molecule has 2 unspecified atom stereocenters. The van der Waals surface area contributed by atoms with Crippen LogP contribution in [-0.2, 0) is 4.79 Å².